The van der Waals surface area contributed by atoms with Crippen LogP contribution in [0.2, 0.25) is 0 Å². The molecular formula is C7H13LiO3. The number of aliphatic hydroxyl groups excluding tert-OH is 1. The summed E-state index contributed by atoms with van der Waals surface area (Å²) in [5.74, 6) is -0.886. The molecule has 3 nitrogen and oxygen atoms in total. The first-order valence-electron chi connectivity index (χ1n) is 3.47. The first-order chi connectivity index (χ1) is 4.66. The van der Waals surface area contributed by atoms with Crippen molar-refractivity contribution in [2.24, 2.45) is 5.92 Å². The Kier molecular flexibility index (Phi) is 10.1. The summed E-state index contributed by atoms with van der Waals surface area (Å²) in [6.45, 7) is 1.98. The molecule has 0 aromatic carbocycles. The summed E-state index contributed by atoms with van der Waals surface area (Å²) < 4.78 is 0. The number of hydrogen-bond donors (Lipinski definition) is 1. The molecule has 0 radical (unpaired) electrons. The van der Waals surface area contributed by atoms with Crippen molar-refractivity contribution in [1.82, 2.24) is 0 Å². The van der Waals surface area contributed by atoms with Gasteiger partial charge >= 0.3 is 18.9 Å². The van der Waals surface area contributed by atoms with Crippen LogP contribution in [-0.4, -0.2) is 17.7 Å². The molecule has 4 heteroatoms. The maximum Gasteiger partial charge on any atom is 1.00 e. The summed E-state index contributed by atoms with van der Waals surface area (Å²) in [7, 11) is 0. The van der Waals surface area contributed by atoms with Crippen LogP contribution in [0.3, 0.4) is 0 Å². The molecule has 60 valence electrons. The van der Waals surface area contributed by atoms with Crippen LogP contribution in [-0.2, 0) is 4.79 Å². The van der Waals surface area contributed by atoms with Crippen molar-refractivity contribution in [1.29, 1.82) is 0 Å². The average Bonchev–Trinajstić information content (AvgIpc) is 1.82. The Morgan fingerprint density at radius 3 is 2.55 bits per heavy atom. The molecule has 0 aliphatic carbocycles. The van der Waals surface area contributed by atoms with E-state index in [2.05, 4.69) is 0 Å². The van der Waals surface area contributed by atoms with Gasteiger partial charge < -0.3 is 15.0 Å². The molecule has 0 fully saturated rings. The fourth-order valence-corrected chi connectivity index (χ4v) is 0.826. The number of carbonyl (C=O) groups excluding carboxylic acids is 1. The minimum Gasteiger partial charge on any atom is -0.550 e. The number of carboxylic acids is 1. The molecule has 0 bridgehead atoms. The van der Waals surface area contributed by atoms with Gasteiger partial charge in [-0.15, -0.1) is 0 Å². The van der Waals surface area contributed by atoms with E-state index in [1.807, 2.05) is 6.92 Å². The number of carbonyl (C=O) groups is 1. The normalized spacial score (nSPS) is 11.8. The third-order valence-corrected chi connectivity index (χ3v) is 1.37. The molecule has 0 aliphatic heterocycles. The maximum absolute atomic E-state index is 10.00. The van der Waals surface area contributed by atoms with Crippen molar-refractivity contribution in [3.63, 3.8) is 0 Å². The summed E-state index contributed by atoms with van der Waals surface area (Å²) in [6.07, 6.45) is 1.53. The smallest absolute Gasteiger partial charge is 0.550 e. The Morgan fingerprint density at radius 1 is 1.64 bits per heavy atom. The molecule has 0 aromatic heterocycles. The molecule has 0 amide bonds. The van der Waals surface area contributed by atoms with Crippen LogP contribution in [0.5, 0.6) is 0 Å². The Bertz CT molecular complexity index is 106. The topological polar surface area (TPSA) is 60.4 Å². The fourth-order valence-electron chi connectivity index (χ4n) is 0.826. The van der Waals surface area contributed by atoms with Gasteiger partial charge in [-0.2, -0.15) is 0 Å². The standard InChI is InChI=1S/C7H14O3.Li/c1-6(3-2-4-8)5-7(9)10;/h6,8H,2-5H2,1H3,(H,9,10);/q;+1/p-1/t6-;/m1./s1. The van der Waals surface area contributed by atoms with Gasteiger partial charge in [0.1, 0.15) is 0 Å². The summed E-state index contributed by atoms with van der Waals surface area (Å²) in [4.78, 5) is 10.00. The van der Waals surface area contributed by atoms with Crippen molar-refractivity contribution in [3.8, 4) is 0 Å². The van der Waals surface area contributed by atoms with Gasteiger partial charge in [0.15, 0.2) is 0 Å². The van der Waals surface area contributed by atoms with Crippen molar-refractivity contribution in [2.75, 3.05) is 6.61 Å². The number of rotatable bonds is 5. The van der Waals surface area contributed by atoms with Gasteiger partial charge in [-0.25, -0.2) is 0 Å². The number of carboxylic acid groups (broad SMARTS) is 1. The molecule has 0 spiro atoms. The van der Waals surface area contributed by atoms with Crippen LogP contribution in [0.4, 0.5) is 0 Å². The second kappa shape index (κ2) is 8.13. The summed E-state index contributed by atoms with van der Waals surface area (Å²) in [5, 5.41) is 18.4. The van der Waals surface area contributed by atoms with Gasteiger partial charge in [0, 0.05) is 12.6 Å². The summed E-state index contributed by atoms with van der Waals surface area (Å²) in [5.41, 5.74) is 0. The summed E-state index contributed by atoms with van der Waals surface area (Å²) >= 11 is 0. The van der Waals surface area contributed by atoms with Gasteiger partial charge in [-0.1, -0.05) is 6.92 Å². The SMILES string of the molecule is C[C@H](CCCO)CC(=O)[O-].[Li+]. The van der Waals surface area contributed by atoms with Gasteiger partial charge in [0.2, 0.25) is 0 Å². The number of aliphatic carboxylic acids is 1. The predicted octanol–water partition coefficient (Wildman–Crippen LogP) is -3.46. The first kappa shape index (κ1) is 13.6. The molecule has 1 atom stereocenters. The van der Waals surface area contributed by atoms with E-state index in [-0.39, 0.29) is 37.8 Å². The monoisotopic (exact) mass is 152 g/mol. The van der Waals surface area contributed by atoms with E-state index in [9.17, 15) is 9.90 Å². The molecule has 11 heavy (non-hydrogen) atoms. The Morgan fingerprint density at radius 2 is 2.18 bits per heavy atom. The second-order valence-electron chi connectivity index (χ2n) is 2.55. The molecule has 0 heterocycles. The Balaban J connectivity index is 0. The van der Waals surface area contributed by atoms with E-state index in [0.29, 0.717) is 6.42 Å². The first-order valence-corrected chi connectivity index (χ1v) is 3.47. The zero-order valence-corrected chi connectivity index (χ0v) is 7.17. The van der Waals surface area contributed by atoms with E-state index in [4.69, 9.17) is 5.11 Å². The Hall–Kier alpha value is 0.0274. The summed E-state index contributed by atoms with van der Waals surface area (Å²) in [6, 6.07) is 0. The quantitative estimate of drug-likeness (QED) is 0.416. The Labute approximate surface area is 79.0 Å². The third kappa shape index (κ3) is 10.0. The van der Waals surface area contributed by atoms with Crippen LogP contribution in [0, 0.1) is 5.92 Å². The second-order valence-corrected chi connectivity index (χ2v) is 2.55. The molecule has 0 saturated heterocycles. The van der Waals surface area contributed by atoms with Gasteiger partial charge in [-0.05, 0) is 25.2 Å². The van der Waals surface area contributed by atoms with Gasteiger partial charge in [-0.3, -0.25) is 0 Å². The van der Waals surface area contributed by atoms with E-state index in [1.165, 1.54) is 0 Å². The zero-order chi connectivity index (χ0) is 7.98. The van der Waals surface area contributed by atoms with Crippen LogP contribution >= 0.6 is 0 Å². The molecular weight excluding hydrogens is 139 g/mol. The van der Waals surface area contributed by atoms with Crippen LogP contribution in [0.25, 0.3) is 0 Å². The van der Waals surface area contributed by atoms with Crippen molar-refractivity contribution in [2.45, 2.75) is 26.2 Å². The van der Waals surface area contributed by atoms with Crippen molar-refractivity contribution in [3.05, 3.63) is 0 Å². The molecule has 0 aromatic rings. The minimum atomic E-state index is -1.01. The molecule has 0 saturated carbocycles. The number of hydrogen-bond acceptors (Lipinski definition) is 3. The van der Waals surface area contributed by atoms with Crippen LogP contribution in [0.15, 0.2) is 0 Å². The fraction of sp³-hybridized carbons (Fsp3) is 0.857. The van der Waals surface area contributed by atoms with E-state index in [0.717, 1.165) is 6.42 Å². The van der Waals surface area contributed by atoms with E-state index in [1.54, 1.807) is 0 Å². The molecule has 1 N–H and O–H groups in total. The van der Waals surface area contributed by atoms with Crippen molar-refractivity contribution < 1.29 is 33.9 Å². The van der Waals surface area contributed by atoms with Crippen molar-refractivity contribution >= 4 is 5.97 Å². The molecule has 0 aliphatic rings. The molecule has 0 unspecified atom stereocenters. The van der Waals surface area contributed by atoms with Crippen LogP contribution in [0.1, 0.15) is 26.2 Å². The van der Waals surface area contributed by atoms with Gasteiger partial charge in [0.05, 0.1) is 0 Å². The molecule has 0 rings (SSSR count). The van der Waals surface area contributed by atoms with Gasteiger partial charge in [0.25, 0.3) is 0 Å². The maximum atomic E-state index is 10.00. The van der Waals surface area contributed by atoms with E-state index < -0.39 is 5.97 Å². The number of aliphatic hydroxyl groups is 1. The third-order valence-electron chi connectivity index (χ3n) is 1.37. The largest absolute Gasteiger partial charge is 1.00 e. The minimum absolute atomic E-state index is 0. The zero-order valence-electron chi connectivity index (χ0n) is 7.17. The van der Waals surface area contributed by atoms with E-state index >= 15 is 0 Å². The van der Waals surface area contributed by atoms with Crippen LogP contribution < -0.4 is 24.0 Å². The predicted molar refractivity (Wildman–Crippen MR) is 35.1 cm³/mol. The average molecular weight is 152 g/mol.